The fourth-order valence-corrected chi connectivity index (χ4v) is 3.34. The van der Waals surface area contributed by atoms with E-state index in [4.69, 9.17) is 0 Å². The minimum atomic E-state index is -0.559. The third-order valence-electron chi connectivity index (χ3n) is 4.69. The van der Waals surface area contributed by atoms with Crippen LogP contribution in [0.5, 0.6) is 0 Å². The third kappa shape index (κ3) is 3.67. The van der Waals surface area contributed by atoms with Gasteiger partial charge in [-0.1, -0.05) is 0 Å². The quantitative estimate of drug-likeness (QED) is 0.621. The number of rotatable bonds is 5. The summed E-state index contributed by atoms with van der Waals surface area (Å²) in [4.78, 5) is 41.0. The van der Waals surface area contributed by atoms with Gasteiger partial charge in [-0.25, -0.2) is 14.4 Å². The summed E-state index contributed by atoms with van der Waals surface area (Å²) in [6.45, 7) is 0.905. The lowest BCUT2D eigenvalue weighted by atomic mass is 10.1. The number of carbonyl (C=O) groups is 2. The maximum Gasteiger partial charge on any atom is 0.243 e. The summed E-state index contributed by atoms with van der Waals surface area (Å²) in [5.74, 6) is 0.00898. The molecule has 1 unspecified atom stereocenters. The van der Waals surface area contributed by atoms with E-state index >= 15 is 0 Å². The molecular formula is C18H19FN6O2. The Kier molecular flexibility index (Phi) is 4.57. The zero-order valence-electron chi connectivity index (χ0n) is 14.5. The van der Waals surface area contributed by atoms with Gasteiger partial charge in [0.15, 0.2) is 0 Å². The summed E-state index contributed by atoms with van der Waals surface area (Å²) in [6, 6.07) is 3.77. The Hall–Kier alpha value is -3.23. The second kappa shape index (κ2) is 7.18. The van der Waals surface area contributed by atoms with Crippen molar-refractivity contribution in [3.8, 4) is 0 Å². The lowest BCUT2D eigenvalue weighted by Crippen LogP contribution is -2.58. The van der Waals surface area contributed by atoms with Crippen LogP contribution >= 0.6 is 0 Å². The Balaban J connectivity index is 1.44. The van der Waals surface area contributed by atoms with Crippen LogP contribution in [0.1, 0.15) is 17.9 Å². The predicted octanol–water partition coefficient (Wildman–Crippen LogP) is 0.927. The highest BCUT2D eigenvalue weighted by atomic mass is 19.1. The van der Waals surface area contributed by atoms with Gasteiger partial charge in [-0.15, -0.1) is 0 Å². The maximum absolute atomic E-state index is 13.3. The van der Waals surface area contributed by atoms with Crippen LogP contribution in [0.15, 0.2) is 30.7 Å². The van der Waals surface area contributed by atoms with Crippen LogP contribution < -0.4 is 5.32 Å². The summed E-state index contributed by atoms with van der Waals surface area (Å²) in [6.07, 6.45) is 4.20. The Labute approximate surface area is 154 Å². The van der Waals surface area contributed by atoms with Gasteiger partial charge in [0, 0.05) is 44.2 Å². The van der Waals surface area contributed by atoms with Gasteiger partial charge in [0.25, 0.3) is 0 Å². The number of hydrogen-bond acceptors (Lipinski definition) is 4. The zero-order valence-corrected chi connectivity index (χ0v) is 14.5. The average Bonchev–Trinajstić information content (AvgIpc) is 3.30. The van der Waals surface area contributed by atoms with Gasteiger partial charge in [0.2, 0.25) is 11.8 Å². The van der Waals surface area contributed by atoms with Crippen LogP contribution in [-0.2, 0) is 22.4 Å². The number of amides is 2. The summed E-state index contributed by atoms with van der Waals surface area (Å²) in [5, 5.41) is 2.81. The Morgan fingerprint density at radius 1 is 1.37 bits per heavy atom. The van der Waals surface area contributed by atoms with Crippen molar-refractivity contribution < 1.29 is 14.0 Å². The molecule has 1 aromatic carbocycles. The van der Waals surface area contributed by atoms with Crippen LogP contribution in [-0.4, -0.2) is 55.8 Å². The van der Waals surface area contributed by atoms with Crippen molar-refractivity contribution in [2.75, 3.05) is 13.1 Å². The molecular weight excluding hydrogens is 351 g/mol. The molecule has 140 valence electrons. The van der Waals surface area contributed by atoms with Crippen LogP contribution in [0.2, 0.25) is 0 Å². The largest absolute Gasteiger partial charge is 0.353 e. The van der Waals surface area contributed by atoms with Gasteiger partial charge in [0.05, 0.1) is 17.4 Å². The van der Waals surface area contributed by atoms with Crippen molar-refractivity contribution in [2.45, 2.75) is 25.3 Å². The molecule has 1 aliphatic heterocycles. The monoisotopic (exact) mass is 370 g/mol. The van der Waals surface area contributed by atoms with Gasteiger partial charge >= 0.3 is 0 Å². The second-order valence-electron chi connectivity index (χ2n) is 6.52. The van der Waals surface area contributed by atoms with Gasteiger partial charge in [-0.2, -0.15) is 0 Å². The molecule has 2 amide bonds. The van der Waals surface area contributed by atoms with Crippen molar-refractivity contribution >= 4 is 22.8 Å². The molecule has 1 atom stereocenters. The molecule has 1 saturated heterocycles. The van der Waals surface area contributed by atoms with Gasteiger partial charge in [-0.3, -0.25) is 9.59 Å². The van der Waals surface area contributed by atoms with Crippen LogP contribution in [0.3, 0.4) is 0 Å². The molecule has 8 nitrogen and oxygen atoms in total. The highest BCUT2D eigenvalue weighted by molar-refractivity contribution is 5.89. The third-order valence-corrected chi connectivity index (χ3v) is 4.69. The number of hydrogen-bond donors (Lipinski definition) is 3. The number of benzene rings is 1. The molecule has 27 heavy (non-hydrogen) atoms. The van der Waals surface area contributed by atoms with Crippen LogP contribution in [0.25, 0.3) is 11.0 Å². The number of H-pyrrole nitrogens is 2. The predicted molar refractivity (Wildman–Crippen MR) is 95.2 cm³/mol. The lowest BCUT2D eigenvalue weighted by molar-refractivity contribution is -0.143. The molecule has 4 rings (SSSR count). The fraction of sp³-hybridized carbons (Fsp3) is 0.333. The number of aromatic amines is 2. The number of carbonyl (C=O) groups excluding carboxylic acids is 2. The SMILES string of the molecule is O=C1NCCN(C(=O)CCc2nc3ccc(F)cc3[nH]2)C1Cc1cnc[nH]1. The normalized spacial score (nSPS) is 17.3. The first-order chi connectivity index (χ1) is 13.1. The maximum atomic E-state index is 13.3. The zero-order chi connectivity index (χ0) is 18.8. The van der Waals surface area contributed by atoms with Crippen molar-refractivity contribution in [1.82, 2.24) is 30.2 Å². The fourth-order valence-electron chi connectivity index (χ4n) is 3.34. The molecule has 9 heteroatoms. The number of piperazine rings is 1. The smallest absolute Gasteiger partial charge is 0.243 e. The van der Waals surface area contributed by atoms with E-state index in [0.29, 0.717) is 42.8 Å². The summed E-state index contributed by atoms with van der Waals surface area (Å²) < 4.78 is 13.3. The number of aryl methyl sites for hydroxylation is 1. The molecule has 0 radical (unpaired) electrons. The first kappa shape index (κ1) is 17.2. The molecule has 0 saturated carbocycles. The average molecular weight is 370 g/mol. The number of nitrogens with zero attached hydrogens (tertiary/aromatic N) is 3. The highest BCUT2D eigenvalue weighted by Crippen LogP contribution is 2.16. The standard InChI is InChI=1S/C18H19FN6O2/c19-11-1-2-13-14(7-11)24-16(23-13)3-4-17(26)25-6-5-21-18(27)15(25)8-12-9-20-10-22-12/h1-2,7,9-10,15H,3-6,8H2,(H,20,22)(H,21,27)(H,23,24). The van der Waals surface area contributed by atoms with E-state index in [9.17, 15) is 14.0 Å². The number of fused-ring (bicyclic) bond motifs is 1. The molecule has 1 fully saturated rings. The van der Waals surface area contributed by atoms with Crippen molar-refractivity contribution in [1.29, 1.82) is 0 Å². The summed E-state index contributed by atoms with van der Waals surface area (Å²) in [7, 11) is 0. The number of halogens is 1. The van der Waals surface area contributed by atoms with E-state index in [1.807, 2.05) is 0 Å². The van der Waals surface area contributed by atoms with E-state index in [0.717, 1.165) is 5.69 Å². The summed E-state index contributed by atoms with van der Waals surface area (Å²) in [5.41, 5.74) is 2.06. The molecule has 3 N–H and O–H groups in total. The van der Waals surface area contributed by atoms with E-state index < -0.39 is 6.04 Å². The Morgan fingerprint density at radius 2 is 2.26 bits per heavy atom. The van der Waals surface area contributed by atoms with E-state index in [-0.39, 0.29) is 24.1 Å². The van der Waals surface area contributed by atoms with Crippen molar-refractivity contribution in [3.63, 3.8) is 0 Å². The minimum absolute atomic E-state index is 0.110. The first-order valence-corrected chi connectivity index (χ1v) is 8.79. The van der Waals surface area contributed by atoms with Crippen molar-refractivity contribution in [3.05, 3.63) is 48.1 Å². The summed E-state index contributed by atoms with van der Waals surface area (Å²) >= 11 is 0. The molecule has 0 aliphatic carbocycles. The number of nitrogens with one attached hydrogen (secondary N) is 3. The van der Waals surface area contributed by atoms with E-state index in [1.54, 1.807) is 23.5 Å². The topological polar surface area (TPSA) is 107 Å². The van der Waals surface area contributed by atoms with Crippen molar-refractivity contribution in [2.24, 2.45) is 0 Å². The molecule has 0 bridgehead atoms. The highest BCUT2D eigenvalue weighted by Gasteiger charge is 2.33. The van der Waals surface area contributed by atoms with E-state index in [1.165, 1.54) is 12.1 Å². The van der Waals surface area contributed by atoms with Gasteiger partial charge in [-0.05, 0) is 18.2 Å². The Morgan fingerprint density at radius 3 is 3.07 bits per heavy atom. The lowest BCUT2D eigenvalue weighted by Gasteiger charge is -2.35. The second-order valence-corrected chi connectivity index (χ2v) is 6.52. The Bertz CT molecular complexity index is 968. The van der Waals surface area contributed by atoms with Gasteiger partial charge < -0.3 is 20.2 Å². The molecule has 2 aromatic heterocycles. The molecule has 1 aliphatic rings. The van der Waals surface area contributed by atoms with Crippen LogP contribution in [0.4, 0.5) is 4.39 Å². The first-order valence-electron chi connectivity index (χ1n) is 8.79. The van der Waals surface area contributed by atoms with E-state index in [2.05, 4.69) is 25.3 Å². The minimum Gasteiger partial charge on any atom is -0.353 e. The van der Waals surface area contributed by atoms with Gasteiger partial charge in [0.1, 0.15) is 17.7 Å². The number of aromatic nitrogens is 4. The number of imidazole rings is 2. The molecule has 3 heterocycles. The van der Waals surface area contributed by atoms with Crippen LogP contribution in [0, 0.1) is 5.82 Å². The molecule has 0 spiro atoms. The molecule has 3 aromatic rings.